The van der Waals surface area contributed by atoms with Crippen molar-refractivity contribution in [2.75, 3.05) is 19.6 Å². The molecule has 0 saturated carbocycles. The Morgan fingerprint density at radius 1 is 1.14 bits per heavy atom. The molecule has 0 aliphatic carbocycles. The number of sulfonamides is 1. The standard InChI is InChI=1S/C22H26N4O2S/c1-17-6-2-10-20(25-17)16-26-13-5-7-18(15-26)14-24-29(27,28)21-11-3-8-19-9-4-12-23-22(19)21/h2-4,6,8-12,18,24H,5,7,13-16H2,1H3. The number of pyridine rings is 2. The molecule has 0 radical (unpaired) electrons. The smallest absolute Gasteiger partial charge is 0.242 e. The number of hydrogen-bond acceptors (Lipinski definition) is 5. The fourth-order valence-electron chi connectivity index (χ4n) is 3.98. The lowest BCUT2D eigenvalue weighted by atomic mass is 9.98. The molecule has 152 valence electrons. The molecule has 1 fully saturated rings. The van der Waals surface area contributed by atoms with Crippen LogP contribution >= 0.6 is 0 Å². The lowest BCUT2D eigenvalue weighted by Gasteiger charge is -2.32. The molecule has 1 unspecified atom stereocenters. The maximum absolute atomic E-state index is 12.9. The number of hydrogen-bond donors (Lipinski definition) is 1. The zero-order valence-electron chi connectivity index (χ0n) is 16.6. The van der Waals surface area contributed by atoms with Crippen molar-refractivity contribution < 1.29 is 8.42 Å². The Morgan fingerprint density at radius 3 is 2.83 bits per heavy atom. The number of para-hydroxylation sites is 1. The van der Waals surface area contributed by atoms with Crippen molar-refractivity contribution in [3.8, 4) is 0 Å². The molecule has 29 heavy (non-hydrogen) atoms. The van der Waals surface area contributed by atoms with E-state index < -0.39 is 10.0 Å². The number of aryl methyl sites for hydroxylation is 1. The Balaban J connectivity index is 1.41. The van der Waals surface area contributed by atoms with Gasteiger partial charge in [-0.25, -0.2) is 13.1 Å². The fraction of sp³-hybridized carbons (Fsp3) is 0.364. The van der Waals surface area contributed by atoms with Crippen molar-refractivity contribution in [2.24, 2.45) is 5.92 Å². The molecule has 3 aromatic rings. The number of nitrogens with one attached hydrogen (secondary N) is 1. The molecule has 1 saturated heterocycles. The molecule has 1 aromatic carbocycles. The molecule has 2 aromatic heterocycles. The Hall–Kier alpha value is -2.35. The maximum Gasteiger partial charge on any atom is 0.242 e. The Morgan fingerprint density at radius 2 is 1.97 bits per heavy atom. The van der Waals surface area contributed by atoms with Gasteiger partial charge in [0.15, 0.2) is 0 Å². The summed E-state index contributed by atoms with van der Waals surface area (Å²) in [6.07, 6.45) is 3.71. The summed E-state index contributed by atoms with van der Waals surface area (Å²) in [5.41, 5.74) is 2.60. The van der Waals surface area contributed by atoms with Crippen LogP contribution in [0.1, 0.15) is 24.2 Å². The molecule has 4 rings (SSSR count). The van der Waals surface area contributed by atoms with E-state index in [1.54, 1.807) is 18.3 Å². The van der Waals surface area contributed by atoms with Crippen LogP contribution in [0.4, 0.5) is 0 Å². The van der Waals surface area contributed by atoms with Gasteiger partial charge in [0.1, 0.15) is 4.90 Å². The Kier molecular flexibility index (Phi) is 5.89. The van der Waals surface area contributed by atoms with Gasteiger partial charge in [0.05, 0.1) is 11.2 Å². The van der Waals surface area contributed by atoms with E-state index in [-0.39, 0.29) is 10.8 Å². The zero-order valence-corrected chi connectivity index (χ0v) is 17.4. The first-order chi connectivity index (χ1) is 14.0. The molecule has 7 heteroatoms. The van der Waals surface area contributed by atoms with Gasteiger partial charge in [0.25, 0.3) is 0 Å². The van der Waals surface area contributed by atoms with Crippen LogP contribution in [0, 0.1) is 12.8 Å². The lowest BCUT2D eigenvalue weighted by molar-refractivity contribution is 0.167. The Bertz CT molecular complexity index is 1100. The van der Waals surface area contributed by atoms with Gasteiger partial charge in [0.2, 0.25) is 10.0 Å². The van der Waals surface area contributed by atoms with Gasteiger partial charge in [-0.1, -0.05) is 24.3 Å². The summed E-state index contributed by atoms with van der Waals surface area (Å²) >= 11 is 0. The van der Waals surface area contributed by atoms with E-state index in [2.05, 4.69) is 19.6 Å². The second-order valence-electron chi connectivity index (χ2n) is 7.70. The highest BCUT2D eigenvalue weighted by Gasteiger charge is 2.24. The van der Waals surface area contributed by atoms with E-state index >= 15 is 0 Å². The average molecular weight is 411 g/mol. The molecule has 1 N–H and O–H groups in total. The summed E-state index contributed by atoms with van der Waals surface area (Å²) in [5.74, 6) is 0.284. The van der Waals surface area contributed by atoms with Crippen LogP contribution < -0.4 is 4.72 Å². The summed E-state index contributed by atoms with van der Waals surface area (Å²) < 4.78 is 28.7. The van der Waals surface area contributed by atoms with Gasteiger partial charge in [-0.2, -0.15) is 0 Å². The molecular formula is C22H26N4O2S. The summed E-state index contributed by atoms with van der Waals surface area (Å²) in [6.45, 7) is 5.12. The van der Waals surface area contributed by atoms with Crippen molar-refractivity contribution in [1.29, 1.82) is 0 Å². The van der Waals surface area contributed by atoms with E-state index in [1.165, 1.54) is 0 Å². The van der Waals surface area contributed by atoms with Crippen LogP contribution in [-0.2, 0) is 16.6 Å². The lowest BCUT2D eigenvalue weighted by Crippen LogP contribution is -2.40. The van der Waals surface area contributed by atoms with Gasteiger partial charge in [-0.05, 0) is 56.5 Å². The SMILES string of the molecule is Cc1cccc(CN2CCCC(CNS(=O)(=O)c3cccc4cccnc34)C2)n1. The zero-order chi connectivity index (χ0) is 20.3. The van der Waals surface area contributed by atoms with Crippen molar-refractivity contribution in [3.63, 3.8) is 0 Å². The van der Waals surface area contributed by atoms with E-state index in [0.29, 0.717) is 12.1 Å². The van der Waals surface area contributed by atoms with Crippen molar-refractivity contribution in [1.82, 2.24) is 19.6 Å². The number of likely N-dealkylation sites (tertiary alicyclic amines) is 1. The van der Waals surface area contributed by atoms with Crippen LogP contribution in [0.25, 0.3) is 10.9 Å². The highest BCUT2D eigenvalue weighted by molar-refractivity contribution is 7.89. The van der Waals surface area contributed by atoms with E-state index in [4.69, 9.17) is 0 Å². The fourth-order valence-corrected chi connectivity index (χ4v) is 5.27. The number of benzene rings is 1. The highest BCUT2D eigenvalue weighted by Crippen LogP contribution is 2.22. The van der Waals surface area contributed by atoms with Crippen LogP contribution in [0.2, 0.25) is 0 Å². The van der Waals surface area contributed by atoms with Gasteiger partial charge < -0.3 is 0 Å². The maximum atomic E-state index is 12.9. The third-order valence-electron chi connectivity index (χ3n) is 5.38. The van der Waals surface area contributed by atoms with Gasteiger partial charge in [0, 0.05) is 36.9 Å². The van der Waals surface area contributed by atoms with E-state index in [0.717, 1.165) is 49.2 Å². The third-order valence-corrected chi connectivity index (χ3v) is 6.84. The van der Waals surface area contributed by atoms with Crippen LogP contribution in [0.5, 0.6) is 0 Å². The molecule has 1 atom stereocenters. The highest BCUT2D eigenvalue weighted by atomic mass is 32.2. The van der Waals surface area contributed by atoms with Gasteiger partial charge >= 0.3 is 0 Å². The minimum Gasteiger partial charge on any atom is -0.297 e. The van der Waals surface area contributed by atoms with E-state index in [9.17, 15) is 8.42 Å². The van der Waals surface area contributed by atoms with E-state index in [1.807, 2.05) is 43.3 Å². The second-order valence-corrected chi connectivity index (χ2v) is 9.43. The molecular weight excluding hydrogens is 384 g/mol. The minimum absolute atomic E-state index is 0.243. The molecule has 1 aliphatic heterocycles. The van der Waals surface area contributed by atoms with Gasteiger partial charge in [-0.3, -0.25) is 14.9 Å². The molecule has 0 bridgehead atoms. The Labute approximate surface area is 172 Å². The number of nitrogens with zero attached hydrogens (tertiary/aromatic N) is 3. The summed E-state index contributed by atoms with van der Waals surface area (Å²) in [4.78, 5) is 11.5. The normalized spacial score (nSPS) is 18.2. The molecule has 0 spiro atoms. The first kappa shape index (κ1) is 19.9. The van der Waals surface area contributed by atoms with Crippen LogP contribution in [-0.4, -0.2) is 42.9 Å². The number of rotatable bonds is 6. The summed E-state index contributed by atoms with van der Waals surface area (Å²) in [6, 6.07) is 15.0. The average Bonchev–Trinajstić information content (AvgIpc) is 2.72. The van der Waals surface area contributed by atoms with Crippen molar-refractivity contribution >= 4 is 20.9 Å². The summed E-state index contributed by atoms with van der Waals surface area (Å²) in [7, 11) is -3.61. The first-order valence-corrected chi connectivity index (χ1v) is 11.5. The first-order valence-electron chi connectivity index (χ1n) is 9.99. The quantitative estimate of drug-likeness (QED) is 0.676. The second kappa shape index (κ2) is 8.57. The van der Waals surface area contributed by atoms with Crippen LogP contribution in [0.3, 0.4) is 0 Å². The number of aromatic nitrogens is 2. The summed E-state index contributed by atoms with van der Waals surface area (Å²) in [5, 5.41) is 0.824. The molecule has 3 heterocycles. The van der Waals surface area contributed by atoms with Gasteiger partial charge in [-0.15, -0.1) is 0 Å². The van der Waals surface area contributed by atoms with Crippen molar-refractivity contribution in [3.05, 3.63) is 66.1 Å². The predicted molar refractivity (Wildman–Crippen MR) is 114 cm³/mol. The minimum atomic E-state index is -3.61. The molecule has 0 amide bonds. The topological polar surface area (TPSA) is 75.2 Å². The predicted octanol–water partition coefficient (Wildman–Crippen LogP) is 3.13. The van der Waals surface area contributed by atoms with Crippen molar-refractivity contribution in [2.45, 2.75) is 31.2 Å². The monoisotopic (exact) mass is 410 g/mol. The molecule has 6 nitrogen and oxygen atoms in total. The van der Waals surface area contributed by atoms with Crippen LogP contribution in [0.15, 0.2) is 59.6 Å². The largest absolute Gasteiger partial charge is 0.297 e. The molecule has 1 aliphatic rings. The number of fused-ring (bicyclic) bond motifs is 1. The third kappa shape index (κ3) is 4.80. The number of piperidine rings is 1.